The number of aliphatic carboxylic acids is 2. The number of aliphatic imine (C=N–C) groups is 2. The number of nitrogens with zero attached hydrogens (tertiary/aromatic N) is 10. The lowest BCUT2D eigenvalue weighted by atomic mass is 9.91. The van der Waals surface area contributed by atoms with E-state index in [-0.39, 0.29) is 91.6 Å². The van der Waals surface area contributed by atoms with Gasteiger partial charge < -0.3 is 44.9 Å². The molecule has 2 aromatic heterocycles. The largest absolute Gasteiger partial charge is 0.481 e. The second-order valence-electron chi connectivity index (χ2n) is 22.8. The van der Waals surface area contributed by atoms with Crippen LogP contribution in [-0.2, 0) is 46.2 Å². The SMILES string of the molecule is CCc1ccc(N2C[C@@H]3[C@@H](C(=O)O)N(CC4=C(C(=O)OC)[C@H](c5ccc(F)cc5Cl)N=C(c5nccs5)N4)CCN3C2=O)cc1.COC[C@@H]1[C@H]2CN(c3ccc(CCC(=O)O)cc3)C(=O)N2CCN1CC1=C(C(=O)OC)[C@H](c2ccc(F)c(F)c2C)N=C(c2nccs2)N1. The highest BCUT2D eigenvalue weighted by atomic mass is 35.5. The zero-order chi connectivity index (χ0) is 66.6. The van der Waals surface area contributed by atoms with E-state index in [0.717, 1.165) is 29.7 Å². The molecule has 0 spiro atoms. The highest BCUT2D eigenvalue weighted by Crippen LogP contribution is 2.40. The lowest BCUT2D eigenvalue weighted by Gasteiger charge is -2.44. The molecular weight excluding hydrogens is 1280 g/mol. The third-order valence-electron chi connectivity index (χ3n) is 17.5. The molecule has 6 atom stereocenters. The highest BCUT2D eigenvalue weighted by Gasteiger charge is 2.51. The standard InChI is InChI=1S/C34H36F2N6O6S.C31H30ClFN6O5S/c1-19-22(9-10-23(35)29(19)36)30-28(33(45)48-3)24(38-31(39-30)32-37-12-15-49-32)16-40-13-14-41-25(26(40)18-47-2)17-42(34(41)46)21-7-4-20(5-8-21)6-11-27(43)44;1-3-17-4-7-19(8-5-17)39-16-23-26(29(40)41)37(11-12-38(23)31(39)43)15-22-24(30(42)44-2)25(20-9-6-18(33)14-21(20)32)36-27(35-22)28-34-10-13-45-28/h4-5,7-10,12,15,25-26,30H,6,11,13-14,16-18H2,1-3H3,(H,38,39)(H,43,44);4-10,13-14,23,25-26H,3,11-12,15-16H2,1-2H3,(H,35,36)(H,40,41)/t25-,26-,30+;23-,25+,26+/m11/s1. The third-order valence-corrected chi connectivity index (χ3v) is 19.4. The minimum atomic E-state index is -1.09. The van der Waals surface area contributed by atoms with Crippen molar-refractivity contribution >= 4 is 93.3 Å². The number of carboxylic acid groups (broad SMARTS) is 2. The van der Waals surface area contributed by atoms with Gasteiger partial charge in [-0.1, -0.05) is 54.9 Å². The molecule has 0 aliphatic carbocycles. The zero-order valence-electron chi connectivity index (χ0n) is 51.6. The van der Waals surface area contributed by atoms with Crippen LogP contribution in [0.4, 0.5) is 34.1 Å². The maximum Gasteiger partial charge on any atom is 0.338 e. The third kappa shape index (κ3) is 13.5. The number of halogens is 4. The van der Waals surface area contributed by atoms with E-state index in [2.05, 4.69) is 25.5 Å². The molecule has 12 rings (SSSR count). The summed E-state index contributed by atoms with van der Waals surface area (Å²) < 4.78 is 59.1. The number of piperazine rings is 2. The van der Waals surface area contributed by atoms with Crippen LogP contribution in [0.15, 0.2) is 135 Å². The van der Waals surface area contributed by atoms with Crippen molar-refractivity contribution in [1.82, 2.24) is 40.2 Å². The number of carbonyl (C=O) groups excluding carboxylic acids is 4. The fraction of sp³-hybridized carbons (Fsp3) is 0.354. The van der Waals surface area contributed by atoms with Crippen molar-refractivity contribution in [2.45, 2.75) is 69.4 Å². The monoisotopic (exact) mass is 1350 g/mol. The Morgan fingerprint density at radius 3 is 1.71 bits per heavy atom. The summed E-state index contributed by atoms with van der Waals surface area (Å²) in [5.74, 6) is -5.18. The molecule has 0 bridgehead atoms. The van der Waals surface area contributed by atoms with Crippen LogP contribution in [0.5, 0.6) is 0 Å². The number of hydrogen-bond donors (Lipinski definition) is 4. The van der Waals surface area contributed by atoms with Crippen LogP contribution in [0.25, 0.3) is 0 Å². The van der Waals surface area contributed by atoms with Gasteiger partial charge in [0.2, 0.25) is 0 Å². The number of carboxylic acids is 2. The first-order valence-corrected chi connectivity index (χ1v) is 32.2. The minimum absolute atomic E-state index is 0.00909. The molecule has 29 heteroatoms. The Morgan fingerprint density at radius 1 is 0.681 bits per heavy atom. The van der Waals surface area contributed by atoms with Gasteiger partial charge in [-0.15, -0.1) is 22.7 Å². The fourth-order valence-electron chi connectivity index (χ4n) is 12.8. The number of amidine groups is 2. The van der Waals surface area contributed by atoms with Gasteiger partial charge in [0, 0.05) is 116 Å². The van der Waals surface area contributed by atoms with E-state index >= 15 is 0 Å². The van der Waals surface area contributed by atoms with E-state index in [0.29, 0.717) is 81.6 Å². The number of esters is 2. The number of amides is 4. The number of aromatic nitrogens is 2. The fourth-order valence-corrected chi connectivity index (χ4v) is 14.3. The predicted molar refractivity (Wildman–Crippen MR) is 345 cm³/mol. The molecule has 94 heavy (non-hydrogen) atoms. The van der Waals surface area contributed by atoms with Crippen LogP contribution in [0.1, 0.15) is 63.3 Å². The average Bonchev–Trinajstić information content (AvgIpc) is 1.39. The first-order chi connectivity index (χ1) is 45.3. The normalized spacial score (nSPS) is 21.4. The first-order valence-electron chi connectivity index (χ1n) is 30.1. The second kappa shape index (κ2) is 28.7. The summed E-state index contributed by atoms with van der Waals surface area (Å²) in [5, 5.41) is 30.7. The van der Waals surface area contributed by atoms with Gasteiger partial charge in [-0.05, 0) is 84.5 Å². The molecule has 0 saturated carbocycles. The number of anilines is 2. The van der Waals surface area contributed by atoms with Crippen LogP contribution in [0.2, 0.25) is 5.02 Å². The first kappa shape index (κ1) is 66.4. The molecule has 492 valence electrons. The lowest BCUT2D eigenvalue weighted by Crippen LogP contribution is -2.62. The number of aryl methyl sites for hydroxylation is 2. The van der Waals surface area contributed by atoms with Gasteiger partial charge in [0.1, 0.15) is 23.9 Å². The molecule has 0 unspecified atom stereocenters. The van der Waals surface area contributed by atoms with Crippen molar-refractivity contribution in [3.05, 3.63) is 185 Å². The average molecular weight is 1350 g/mol. The van der Waals surface area contributed by atoms with Gasteiger partial charge in [-0.3, -0.25) is 39.2 Å². The van der Waals surface area contributed by atoms with Crippen molar-refractivity contribution < 1.29 is 66.4 Å². The second-order valence-corrected chi connectivity index (χ2v) is 25.0. The van der Waals surface area contributed by atoms with Crippen LogP contribution >= 0.6 is 34.3 Å². The molecule has 6 aliphatic heterocycles. The number of hydrogen-bond acceptors (Lipinski definition) is 19. The Hall–Kier alpha value is -9.06. The van der Waals surface area contributed by atoms with Crippen LogP contribution in [-0.4, -0.2) is 192 Å². The number of nitrogens with one attached hydrogen (secondary N) is 2. The van der Waals surface area contributed by atoms with Crippen molar-refractivity contribution in [2.75, 3.05) is 90.1 Å². The zero-order valence-corrected chi connectivity index (χ0v) is 54.0. The molecule has 23 nitrogen and oxygen atoms in total. The van der Waals surface area contributed by atoms with Crippen molar-refractivity contribution in [1.29, 1.82) is 0 Å². The maximum absolute atomic E-state index is 14.9. The Kier molecular flexibility index (Phi) is 20.2. The molecule has 6 aliphatic rings. The summed E-state index contributed by atoms with van der Waals surface area (Å²) in [5.41, 5.74) is 5.21. The van der Waals surface area contributed by atoms with E-state index in [9.17, 15) is 47.0 Å². The molecule has 4 aromatic carbocycles. The molecule has 4 N–H and O–H groups in total. The number of ether oxygens (including phenoxy) is 3. The predicted octanol–water partition coefficient (Wildman–Crippen LogP) is 8.00. The van der Waals surface area contributed by atoms with Gasteiger partial charge in [0.05, 0.1) is 56.6 Å². The quantitative estimate of drug-likeness (QED) is 0.0560. The Labute approximate surface area is 551 Å². The summed E-state index contributed by atoms with van der Waals surface area (Å²) >= 11 is 9.12. The molecular formula is C65H66ClF3N12O11S2. The lowest BCUT2D eigenvalue weighted by molar-refractivity contribution is -0.147. The summed E-state index contributed by atoms with van der Waals surface area (Å²) in [7, 11) is 4.08. The highest BCUT2D eigenvalue weighted by molar-refractivity contribution is 7.12. The van der Waals surface area contributed by atoms with Crippen LogP contribution in [0, 0.1) is 24.4 Å². The van der Waals surface area contributed by atoms with E-state index in [1.165, 1.54) is 62.0 Å². The van der Waals surface area contributed by atoms with Gasteiger partial charge >= 0.3 is 35.9 Å². The number of fused-ring (bicyclic) bond motifs is 2. The van der Waals surface area contributed by atoms with E-state index < -0.39 is 65.5 Å². The minimum Gasteiger partial charge on any atom is -0.481 e. The number of thiazole rings is 2. The molecule has 4 amide bonds. The number of urea groups is 2. The number of methoxy groups -OCH3 is 3. The maximum atomic E-state index is 14.9. The van der Waals surface area contributed by atoms with Gasteiger partial charge in [-0.25, -0.2) is 42.3 Å². The van der Waals surface area contributed by atoms with E-state index in [1.807, 2.05) is 60.4 Å². The number of rotatable bonds is 19. The Balaban J connectivity index is 0.000000192. The topological polar surface area (TPSA) is 265 Å². The van der Waals surface area contributed by atoms with E-state index in [4.69, 9.17) is 40.9 Å². The van der Waals surface area contributed by atoms with Gasteiger partial charge in [0.25, 0.3) is 0 Å². The van der Waals surface area contributed by atoms with Crippen molar-refractivity contribution in [2.24, 2.45) is 9.98 Å². The van der Waals surface area contributed by atoms with Crippen LogP contribution < -0.4 is 20.4 Å². The Morgan fingerprint density at radius 2 is 1.20 bits per heavy atom. The molecule has 4 saturated heterocycles. The summed E-state index contributed by atoms with van der Waals surface area (Å²) in [6.07, 6.45) is 4.52. The number of benzene rings is 4. The molecule has 6 aromatic rings. The van der Waals surface area contributed by atoms with Gasteiger partial charge in [-0.2, -0.15) is 0 Å². The van der Waals surface area contributed by atoms with E-state index in [1.54, 1.807) is 49.9 Å². The summed E-state index contributed by atoms with van der Waals surface area (Å²) in [6, 6.07) is 16.7. The summed E-state index contributed by atoms with van der Waals surface area (Å²) in [6.45, 7) is 5.94. The molecule has 0 radical (unpaired) electrons. The molecule has 8 heterocycles. The summed E-state index contributed by atoms with van der Waals surface area (Å²) in [4.78, 5) is 107. The number of carbonyl (C=O) groups is 6. The Bertz CT molecular complexity index is 4010. The van der Waals surface area contributed by atoms with Crippen molar-refractivity contribution in [3.8, 4) is 0 Å². The van der Waals surface area contributed by atoms with Crippen LogP contribution in [0.3, 0.4) is 0 Å². The smallest absolute Gasteiger partial charge is 0.338 e. The van der Waals surface area contributed by atoms with Crippen molar-refractivity contribution in [3.63, 3.8) is 0 Å². The molecule has 4 fully saturated rings. The van der Waals surface area contributed by atoms with Gasteiger partial charge in [0.15, 0.2) is 33.3 Å².